The molecule has 0 fully saturated rings. The molecule has 0 spiro atoms. The lowest BCUT2D eigenvalue weighted by molar-refractivity contribution is -0.122. The smallest absolute Gasteiger partial charge is 0.265 e. The molecule has 0 bridgehead atoms. The van der Waals surface area contributed by atoms with Gasteiger partial charge in [0, 0.05) is 0 Å². The lowest BCUT2D eigenvalue weighted by Crippen LogP contribution is -2.32. The van der Waals surface area contributed by atoms with Crippen molar-refractivity contribution in [3.05, 3.63) is 59.4 Å². The van der Waals surface area contributed by atoms with Crippen LogP contribution in [0.5, 0.6) is 5.75 Å². The second-order valence-corrected chi connectivity index (χ2v) is 6.12. The summed E-state index contributed by atoms with van der Waals surface area (Å²) in [4.78, 5) is 12.4. The number of fused-ring (bicyclic) bond motifs is 1. The van der Waals surface area contributed by atoms with Crippen LogP contribution in [-0.2, 0) is 17.6 Å². The predicted molar refractivity (Wildman–Crippen MR) is 92.8 cm³/mol. The van der Waals surface area contributed by atoms with Crippen LogP contribution in [0.3, 0.4) is 0 Å². The zero-order valence-electron chi connectivity index (χ0n) is 13.8. The summed E-state index contributed by atoms with van der Waals surface area (Å²) in [6, 6.07) is 12.2. The number of halogens is 1. The molecule has 3 nitrogen and oxygen atoms in total. The molecular weight excluding hydrogens is 305 g/mol. The van der Waals surface area contributed by atoms with E-state index in [9.17, 15) is 9.18 Å². The molecule has 0 unspecified atom stereocenters. The van der Waals surface area contributed by atoms with E-state index in [1.165, 1.54) is 30.0 Å². The Hall–Kier alpha value is -2.36. The zero-order chi connectivity index (χ0) is 16.9. The van der Waals surface area contributed by atoms with Crippen molar-refractivity contribution < 1.29 is 13.9 Å². The van der Waals surface area contributed by atoms with Gasteiger partial charge in [0.25, 0.3) is 5.91 Å². The first-order chi connectivity index (χ1) is 11.7. The number of benzene rings is 2. The molecule has 3 rings (SSSR count). The Morgan fingerprint density at radius 3 is 2.67 bits per heavy atom. The van der Waals surface area contributed by atoms with Crippen LogP contribution in [0.25, 0.3) is 0 Å². The lowest BCUT2D eigenvalue weighted by atomic mass is 9.92. The lowest BCUT2D eigenvalue weighted by Gasteiger charge is -2.20. The third-order valence-corrected chi connectivity index (χ3v) is 4.39. The summed E-state index contributed by atoms with van der Waals surface area (Å²) >= 11 is 0. The molecule has 0 aromatic heterocycles. The summed E-state index contributed by atoms with van der Waals surface area (Å²) in [5, 5.41) is 2.60. The number of carbonyl (C=O) groups excluding carboxylic acids is 1. The minimum absolute atomic E-state index is 0.176. The minimum atomic E-state index is -0.647. The molecule has 1 amide bonds. The summed E-state index contributed by atoms with van der Waals surface area (Å²) in [5.74, 6) is -0.0824. The Morgan fingerprint density at radius 1 is 1.17 bits per heavy atom. The molecule has 0 saturated heterocycles. The molecule has 1 aliphatic rings. The SMILES string of the molecule is CC[C@H](Oc1ccc2c(c1)CCCC2)C(=O)Nc1ccccc1F. The third-order valence-electron chi connectivity index (χ3n) is 4.39. The molecule has 1 atom stereocenters. The number of para-hydroxylation sites is 1. The van der Waals surface area contributed by atoms with Crippen molar-refractivity contribution in [3.63, 3.8) is 0 Å². The quantitative estimate of drug-likeness (QED) is 0.878. The molecule has 2 aromatic rings. The van der Waals surface area contributed by atoms with Gasteiger partial charge in [0.15, 0.2) is 6.10 Å². The fourth-order valence-electron chi connectivity index (χ4n) is 3.05. The molecule has 1 aliphatic carbocycles. The van der Waals surface area contributed by atoms with Crippen LogP contribution in [0.1, 0.15) is 37.3 Å². The zero-order valence-corrected chi connectivity index (χ0v) is 13.8. The average molecular weight is 327 g/mol. The molecule has 0 heterocycles. The van der Waals surface area contributed by atoms with Crippen LogP contribution in [0, 0.1) is 5.82 Å². The highest BCUT2D eigenvalue weighted by Crippen LogP contribution is 2.26. The van der Waals surface area contributed by atoms with Crippen LogP contribution >= 0.6 is 0 Å². The molecule has 0 saturated carbocycles. The van der Waals surface area contributed by atoms with Crippen LogP contribution in [0.15, 0.2) is 42.5 Å². The molecule has 2 aromatic carbocycles. The largest absolute Gasteiger partial charge is 0.481 e. The summed E-state index contributed by atoms with van der Waals surface area (Å²) in [7, 11) is 0. The van der Waals surface area contributed by atoms with Gasteiger partial charge in [-0.15, -0.1) is 0 Å². The first-order valence-corrected chi connectivity index (χ1v) is 8.51. The van der Waals surface area contributed by atoms with Crippen LogP contribution in [0.4, 0.5) is 10.1 Å². The number of anilines is 1. The Kier molecular flexibility index (Phi) is 5.14. The summed E-state index contributed by atoms with van der Waals surface area (Å²) in [6.07, 6.45) is 4.46. The average Bonchev–Trinajstić information content (AvgIpc) is 2.61. The molecular formula is C20H22FNO2. The maximum Gasteiger partial charge on any atom is 0.265 e. The van der Waals surface area contributed by atoms with Crippen LogP contribution in [0.2, 0.25) is 0 Å². The van der Waals surface area contributed by atoms with Crippen molar-refractivity contribution >= 4 is 11.6 Å². The van der Waals surface area contributed by atoms with Crippen molar-refractivity contribution in [1.82, 2.24) is 0 Å². The standard InChI is InChI=1S/C20H22FNO2/c1-2-19(20(23)22-18-10-6-5-9-17(18)21)24-16-12-11-14-7-3-4-8-15(14)13-16/h5-6,9-13,19H,2-4,7-8H2,1H3,(H,22,23)/t19-/m0/s1. The van der Waals surface area contributed by atoms with Gasteiger partial charge >= 0.3 is 0 Å². The van der Waals surface area contributed by atoms with Gasteiger partial charge in [-0.1, -0.05) is 25.1 Å². The maximum absolute atomic E-state index is 13.7. The molecule has 4 heteroatoms. The molecule has 0 radical (unpaired) electrons. The van der Waals surface area contributed by atoms with E-state index in [4.69, 9.17) is 4.74 Å². The Bertz CT molecular complexity index is 729. The van der Waals surface area contributed by atoms with Crippen LogP contribution in [-0.4, -0.2) is 12.0 Å². The normalized spacial score (nSPS) is 14.6. The van der Waals surface area contributed by atoms with Gasteiger partial charge in [-0.3, -0.25) is 4.79 Å². The summed E-state index contributed by atoms with van der Waals surface area (Å²) in [5.41, 5.74) is 2.86. The highest BCUT2D eigenvalue weighted by Gasteiger charge is 2.20. The van der Waals surface area contributed by atoms with E-state index in [1.807, 2.05) is 19.1 Å². The van der Waals surface area contributed by atoms with Gasteiger partial charge in [0.2, 0.25) is 0 Å². The molecule has 0 aliphatic heterocycles. The Morgan fingerprint density at radius 2 is 1.92 bits per heavy atom. The number of ether oxygens (including phenoxy) is 1. The Balaban J connectivity index is 1.70. The second kappa shape index (κ2) is 7.47. The fraction of sp³-hybridized carbons (Fsp3) is 0.350. The predicted octanol–water partition coefficient (Wildman–Crippen LogP) is 4.50. The van der Waals surface area contributed by atoms with E-state index in [1.54, 1.807) is 18.2 Å². The molecule has 126 valence electrons. The van der Waals surface area contributed by atoms with E-state index in [0.717, 1.165) is 12.8 Å². The topological polar surface area (TPSA) is 38.3 Å². The first-order valence-electron chi connectivity index (χ1n) is 8.51. The van der Waals surface area contributed by atoms with Crippen molar-refractivity contribution in [1.29, 1.82) is 0 Å². The van der Waals surface area contributed by atoms with Gasteiger partial charge in [-0.2, -0.15) is 0 Å². The number of hydrogen-bond acceptors (Lipinski definition) is 2. The van der Waals surface area contributed by atoms with Gasteiger partial charge in [-0.05, 0) is 67.5 Å². The van der Waals surface area contributed by atoms with Gasteiger partial charge < -0.3 is 10.1 Å². The third kappa shape index (κ3) is 3.75. The Labute approximate surface area is 141 Å². The van der Waals surface area contributed by atoms with Gasteiger partial charge in [-0.25, -0.2) is 4.39 Å². The second-order valence-electron chi connectivity index (χ2n) is 6.12. The van der Waals surface area contributed by atoms with E-state index in [2.05, 4.69) is 11.4 Å². The number of carbonyl (C=O) groups is 1. The summed E-state index contributed by atoms with van der Waals surface area (Å²) < 4.78 is 19.5. The van der Waals surface area contributed by atoms with Crippen molar-refractivity contribution in [3.8, 4) is 5.75 Å². The van der Waals surface area contributed by atoms with Gasteiger partial charge in [0.05, 0.1) is 5.69 Å². The molecule has 24 heavy (non-hydrogen) atoms. The van der Waals surface area contributed by atoms with Gasteiger partial charge in [0.1, 0.15) is 11.6 Å². The maximum atomic E-state index is 13.7. The summed E-state index contributed by atoms with van der Waals surface area (Å²) in [6.45, 7) is 1.88. The fourth-order valence-corrected chi connectivity index (χ4v) is 3.05. The monoisotopic (exact) mass is 327 g/mol. The number of nitrogens with one attached hydrogen (secondary N) is 1. The number of hydrogen-bond donors (Lipinski definition) is 1. The molecule has 1 N–H and O–H groups in total. The van der Waals surface area contributed by atoms with Crippen LogP contribution < -0.4 is 10.1 Å². The van der Waals surface area contributed by atoms with E-state index >= 15 is 0 Å². The number of amides is 1. The first kappa shape index (κ1) is 16.5. The highest BCUT2D eigenvalue weighted by molar-refractivity contribution is 5.94. The van der Waals surface area contributed by atoms with Crippen molar-refractivity contribution in [2.45, 2.75) is 45.1 Å². The minimum Gasteiger partial charge on any atom is -0.481 e. The van der Waals surface area contributed by atoms with Crippen molar-refractivity contribution in [2.75, 3.05) is 5.32 Å². The van der Waals surface area contributed by atoms with Crippen molar-refractivity contribution in [2.24, 2.45) is 0 Å². The highest BCUT2D eigenvalue weighted by atomic mass is 19.1. The number of aryl methyl sites for hydroxylation is 2. The van der Waals surface area contributed by atoms with E-state index in [-0.39, 0.29) is 11.6 Å². The number of rotatable bonds is 5. The van der Waals surface area contributed by atoms with E-state index < -0.39 is 11.9 Å². The van der Waals surface area contributed by atoms with E-state index in [0.29, 0.717) is 12.2 Å².